The van der Waals surface area contributed by atoms with Crippen LogP contribution >= 0.6 is 0 Å². The number of amides is 4. The SMILES string of the molecule is CC(C)(c1ccc(OCC(CN2C(C)(C)CC(OC(=O)Nc3ccccc3)CC2(C)C)OC(=O)Nc2ccccc2)cc1)c1ccc(OCC(CN2C(C)(C)CC(OC(=O)Nc3ccccc3)CC2(C)C)OC(=O)Nc2ccccc2)cc1. The molecule has 4 amide bonds. The number of benzene rings is 6. The minimum Gasteiger partial charge on any atom is -0.490 e. The van der Waals surface area contributed by atoms with Crippen LogP contribution in [0.4, 0.5) is 41.9 Å². The standard InChI is InChI=1S/C67H82N6O10/c1-63(2)39-55(80-59(74)68-49-23-15-11-16-24-49)40-64(3,4)72(63)43-57(82-61(76)70-51-27-19-13-20-28-51)45-78-53-35-31-47(32-36-53)67(9,10)48-33-37-54(38-34-48)79-46-58(83-62(77)71-52-29-21-14-22-30-52)44-73-65(5,6)41-56(42-66(73,7)8)81-60(75)69-50-25-17-12-18-26-50/h11-38,55-58H,39-46H2,1-10H3,(H,68,74)(H,69,75)(H,70,76)(H,71,77). The molecule has 2 heterocycles. The Bertz CT molecular complexity index is 2830. The van der Waals surface area contributed by atoms with Crippen LogP contribution in [0.5, 0.6) is 11.5 Å². The molecule has 0 aliphatic carbocycles. The van der Waals surface area contributed by atoms with Gasteiger partial charge >= 0.3 is 24.4 Å². The molecule has 2 saturated heterocycles. The molecule has 6 aromatic carbocycles. The molecule has 0 saturated carbocycles. The van der Waals surface area contributed by atoms with Gasteiger partial charge in [0.15, 0.2) is 12.2 Å². The number of ether oxygens (including phenoxy) is 6. The number of nitrogens with one attached hydrogen (secondary N) is 4. The van der Waals surface area contributed by atoms with E-state index in [4.69, 9.17) is 28.4 Å². The zero-order chi connectivity index (χ0) is 59.4. The van der Waals surface area contributed by atoms with Gasteiger partial charge in [-0.2, -0.15) is 0 Å². The maximum atomic E-state index is 13.5. The van der Waals surface area contributed by atoms with Crippen molar-refractivity contribution < 1.29 is 47.6 Å². The van der Waals surface area contributed by atoms with Crippen molar-refractivity contribution in [2.24, 2.45) is 0 Å². The molecule has 2 atom stereocenters. The first-order valence-corrected chi connectivity index (χ1v) is 28.6. The van der Waals surface area contributed by atoms with Gasteiger partial charge in [0.2, 0.25) is 0 Å². The number of rotatable bonds is 20. The van der Waals surface area contributed by atoms with Gasteiger partial charge in [-0.1, -0.05) is 111 Å². The van der Waals surface area contributed by atoms with E-state index in [0.717, 1.165) is 11.1 Å². The van der Waals surface area contributed by atoms with Crippen molar-refractivity contribution in [2.45, 2.75) is 147 Å². The minimum atomic E-state index is -0.681. The molecule has 0 bridgehead atoms. The van der Waals surface area contributed by atoms with Crippen LogP contribution in [0.3, 0.4) is 0 Å². The predicted octanol–water partition coefficient (Wildman–Crippen LogP) is 14.5. The van der Waals surface area contributed by atoms with Crippen molar-refractivity contribution in [2.75, 3.05) is 47.6 Å². The van der Waals surface area contributed by atoms with Gasteiger partial charge in [-0.3, -0.25) is 31.1 Å². The van der Waals surface area contributed by atoms with E-state index in [9.17, 15) is 19.2 Å². The van der Waals surface area contributed by atoms with Gasteiger partial charge in [0, 0.05) is 89.1 Å². The van der Waals surface area contributed by atoms with Crippen molar-refractivity contribution in [3.63, 3.8) is 0 Å². The number of nitrogens with zero attached hydrogens (tertiary/aromatic N) is 2. The molecule has 16 nitrogen and oxygen atoms in total. The third-order valence-electron chi connectivity index (χ3n) is 15.8. The number of para-hydroxylation sites is 4. The molecule has 8 rings (SSSR count). The highest BCUT2D eigenvalue weighted by Crippen LogP contribution is 2.42. The minimum absolute atomic E-state index is 0.0801. The number of anilines is 4. The Kier molecular flexibility index (Phi) is 19.4. The lowest BCUT2D eigenvalue weighted by Crippen LogP contribution is -2.64. The van der Waals surface area contributed by atoms with E-state index < -0.39 is 64.2 Å². The number of hydrogen-bond acceptors (Lipinski definition) is 12. The Balaban J connectivity index is 0.902. The molecule has 2 aliphatic heterocycles. The summed E-state index contributed by atoms with van der Waals surface area (Å²) in [4.78, 5) is 57.6. The summed E-state index contributed by atoms with van der Waals surface area (Å²) in [5.74, 6) is 1.23. The summed E-state index contributed by atoms with van der Waals surface area (Å²) >= 11 is 0. The molecule has 83 heavy (non-hydrogen) atoms. The molecule has 2 unspecified atom stereocenters. The van der Waals surface area contributed by atoms with Crippen LogP contribution in [-0.4, -0.2) is 107 Å². The predicted molar refractivity (Wildman–Crippen MR) is 326 cm³/mol. The lowest BCUT2D eigenvalue weighted by Gasteiger charge is -2.55. The zero-order valence-electron chi connectivity index (χ0n) is 49.6. The third kappa shape index (κ3) is 17.0. The molecular formula is C67H82N6O10. The molecule has 6 aromatic rings. The summed E-state index contributed by atoms with van der Waals surface area (Å²) in [6.07, 6.45) is -1.98. The second-order valence-corrected chi connectivity index (χ2v) is 24.7. The fraction of sp³-hybridized carbons (Fsp3) is 0.403. The third-order valence-corrected chi connectivity index (χ3v) is 15.8. The maximum Gasteiger partial charge on any atom is 0.412 e. The first-order valence-electron chi connectivity index (χ1n) is 28.6. The number of piperidine rings is 2. The van der Waals surface area contributed by atoms with Crippen LogP contribution in [0.1, 0.15) is 106 Å². The van der Waals surface area contributed by atoms with Gasteiger partial charge in [0.25, 0.3) is 0 Å². The van der Waals surface area contributed by atoms with Crippen LogP contribution in [0.2, 0.25) is 0 Å². The molecule has 0 aromatic heterocycles. The second-order valence-electron chi connectivity index (χ2n) is 24.7. The Morgan fingerprint density at radius 3 is 0.964 bits per heavy atom. The molecule has 2 aliphatic rings. The van der Waals surface area contributed by atoms with E-state index in [0.29, 0.717) is 73.0 Å². The largest absolute Gasteiger partial charge is 0.490 e. The van der Waals surface area contributed by atoms with Crippen molar-refractivity contribution >= 4 is 47.1 Å². The van der Waals surface area contributed by atoms with Crippen LogP contribution in [0.15, 0.2) is 170 Å². The van der Waals surface area contributed by atoms with Crippen molar-refractivity contribution in [3.05, 3.63) is 181 Å². The Hall–Kier alpha value is -8.08. The average Bonchev–Trinajstić information content (AvgIpc) is 3.56. The highest BCUT2D eigenvalue weighted by molar-refractivity contribution is 5.86. The van der Waals surface area contributed by atoms with E-state index in [-0.39, 0.29) is 25.4 Å². The molecule has 440 valence electrons. The first kappa shape index (κ1) is 61.0. The second kappa shape index (κ2) is 26.4. The van der Waals surface area contributed by atoms with Crippen LogP contribution in [0.25, 0.3) is 0 Å². The maximum absolute atomic E-state index is 13.5. The summed E-state index contributed by atoms with van der Waals surface area (Å²) in [7, 11) is 0. The van der Waals surface area contributed by atoms with Gasteiger partial charge in [0.05, 0.1) is 0 Å². The van der Waals surface area contributed by atoms with Gasteiger partial charge in [-0.25, -0.2) is 19.2 Å². The number of carbonyl (C=O) groups is 4. The molecule has 16 heteroatoms. The topological polar surface area (TPSA) is 178 Å². The van der Waals surface area contributed by atoms with E-state index in [1.807, 2.05) is 146 Å². The van der Waals surface area contributed by atoms with E-state index in [1.165, 1.54) is 0 Å². The Morgan fingerprint density at radius 2 is 0.687 bits per heavy atom. The number of likely N-dealkylation sites (tertiary alicyclic amines) is 2. The smallest absolute Gasteiger partial charge is 0.412 e. The van der Waals surface area contributed by atoms with Gasteiger partial charge < -0.3 is 28.4 Å². The monoisotopic (exact) mass is 1130 g/mol. The highest BCUT2D eigenvalue weighted by Gasteiger charge is 2.49. The van der Waals surface area contributed by atoms with Crippen LogP contribution in [-0.2, 0) is 24.4 Å². The summed E-state index contributed by atoms with van der Waals surface area (Å²) in [6.45, 7) is 22.1. The van der Waals surface area contributed by atoms with E-state index in [1.54, 1.807) is 24.3 Å². The molecule has 2 fully saturated rings. The van der Waals surface area contributed by atoms with Gasteiger partial charge in [0.1, 0.15) is 36.9 Å². The van der Waals surface area contributed by atoms with Gasteiger partial charge in [-0.05, 0) is 139 Å². The number of carbonyl (C=O) groups excluding carboxylic acids is 4. The normalized spacial score (nSPS) is 17.6. The summed E-state index contributed by atoms with van der Waals surface area (Å²) in [5.41, 5.74) is 2.40. The highest BCUT2D eigenvalue weighted by atomic mass is 16.6. The molecular weight excluding hydrogens is 1050 g/mol. The Labute approximate surface area is 489 Å². The summed E-state index contributed by atoms with van der Waals surface area (Å²) in [6, 6.07) is 52.7. The summed E-state index contributed by atoms with van der Waals surface area (Å²) in [5, 5.41) is 11.4. The number of hydrogen-bond donors (Lipinski definition) is 4. The first-order chi connectivity index (χ1) is 39.4. The fourth-order valence-corrected chi connectivity index (χ4v) is 12.0. The van der Waals surface area contributed by atoms with Crippen LogP contribution in [0, 0.1) is 0 Å². The van der Waals surface area contributed by atoms with E-state index in [2.05, 4.69) is 100 Å². The zero-order valence-corrected chi connectivity index (χ0v) is 49.6. The summed E-state index contributed by atoms with van der Waals surface area (Å²) < 4.78 is 37.2. The lowest BCUT2D eigenvalue weighted by atomic mass is 9.78. The Morgan fingerprint density at radius 1 is 0.422 bits per heavy atom. The van der Waals surface area contributed by atoms with E-state index >= 15 is 0 Å². The average molecular weight is 1130 g/mol. The lowest BCUT2D eigenvalue weighted by molar-refractivity contribution is -0.101. The van der Waals surface area contributed by atoms with Crippen molar-refractivity contribution in [3.8, 4) is 11.5 Å². The molecule has 0 spiro atoms. The van der Waals surface area contributed by atoms with Crippen molar-refractivity contribution in [1.29, 1.82) is 0 Å². The quantitative estimate of drug-likeness (QED) is 0.0533. The fourth-order valence-electron chi connectivity index (χ4n) is 12.0. The van der Waals surface area contributed by atoms with Crippen LogP contribution < -0.4 is 30.7 Å². The van der Waals surface area contributed by atoms with Gasteiger partial charge in [-0.15, -0.1) is 0 Å². The van der Waals surface area contributed by atoms with Crippen molar-refractivity contribution in [1.82, 2.24) is 9.80 Å². The molecule has 0 radical (unpaired) electrons. The molecule has 4 N–H and O–H groups in total.